The number of rotatable bonds is 3. The molecule has 3 saturated heterocycles. The molecule has 7 nitrogen and oxygen atoms in total. The van der Waals surface area contributed by atoms with Crippen molar-refractivity contribution in [1.82, 2.24) is 14.8 Å². The number of hydrogen-bond acceptors (Lipinski definition) is 5. The number of benzene rings is 1. The van der Waals surface area contributed by atoms with E-state index in [1.807, 2.05) is 47.5 Å². The second kappa shape index (κ2) is 9.46. The van der Waals surface area contributed by atoms with Crippen LogP contribution in [0.5, 0.6) is 0 Å². The SMILES string of the molecule is O=C(Nc1ccccc1)N1CCC2(CC1)CC(N1CCN(c3ccccn3)CC1)CCO2. The summed E-state index contributed by atoms with van der Waals surface area (Å²) in [5.41, 5.74) is 0.765. The van der Waals surface area contributed by atoms with Gasteiger partial charge in [0.1, 0.15) is 5.82 Å². The highest BCUT2D eigenvalue weighted by molar-refractivity contribution is 5.89. The van der Waals surface area contributed by atoms with Gasteiger partial charge in [0.15, 0.2) is 0 Å². The van der Waals surface area contributed by atoms with Crippen molar-refractivity contribution in [3.05, 3.63) is 54.7 Å². The van der Waals surface area contributed by atoms with Crippen LogP contribution in [0.4, 0.5) is 16.3 Å². The van der Waals surface area contributed by atoms with Gasteiger partial charge in [-0.3, -0.25) is 4.90 Å². The van der Waals surface area contributed by atoms with Gasteiger partial charge in [-0.15, -0.1) is 0 Å². The van der Waals surface area contributed by atoms with Crippen LogP contribution < -0.4 is 10.2 Å². The summed E-state index contributed by atoms with van der Waals surface area (Å²) in [5, 5.41) is 3.01. The summed E-state index contributed by atoms with van der Waals surface area (Å²) in [6.07, 6.45) is 5.88. The van der Waals surface area contributed by atoms with Crippen molar-refractivity contribution in [3.63, 3.8) is 0 Å². The summed E-state index contributed by atoms with van der Waals surface area (Å²) in [7, 11) is 0. The molecule has 1 N–H and O–H groups in total. The van der Waals surface area contributed by atoms with Crippen molar-refractivity contribution in [1.29, 1.82) is 0 Å². The molecule has 1 unspecified atom stereocenters. The fourth-order valence-corrected chi connectivity index (χ4v) is 5.36. The zero-order valence-corrected chi connectivity index (χ0v) is 18.7. The second-order valence-corrected chi connectivity index (χ2v) is 9.17. The number of carbonyl (C=O) groups is 1. The predicted molar refractivity (Wildman–Crippen MR) is 126 cm³/mol. The summed E-state index contributed by atoms with van der Waals surface area (Å²) in [6, 6.07) is 16.4. The molecule has 1 aromatic heterocycles. The molecule has 7 heteroatoms. The minimum Gasteiger partial charge on any atom is -0.375 e. The maximum atomic E-state index is 12.7. The van der Waals surface area contributed by atoms with Crippen LogP contribution >= 0.6 is 0 Å². The number of piperazine rings is 1. The lowest BCUT2D eigenvalue weighted by molar-refractivity contribution is -0.129. The van der Waals surface area contributed by atoms with Gasteiger partial charge in [-0.1, -0.05) is 24.3 Å². The summed E-state index contributed by atoms with van der Waals surface area (Å²) in [5.74, 6) is 1.08. The Hall–Kier alpha value is -2.64. The van der Waals surface area contributed by atoms with E-state index in [0.717, 1.165) is 83.1 Å². The first kappa shape index (κ1) is 21.2. The lowest BCUT2D eigenvalue weighted by Crippen LogP contribution is -2.57. The molecule has 32 heavy (non-hydrogen) atoms. The highest BCUT2D eigenvalue weighted by atomic mass is 16.5. The first-order valence-electron chi connectivity index (χ1n) is 11.9. The Balaban J connectivity index is 1.12. The normalized spacial score (nSPS) is 23.8. The number of ether oxygens (including phenoxy) is 1. The fraction of sp³-hybridized carbons (Fsp3) is 0.520. The standard InChI is InChI=1S/C25H33N5O2/c31-24(27-21-6-2-1-3-7-21)30-13-10-25(11-14-30)20-22(9-19-32-25)28-15-17-29(18-16-28)23-8-4-5-12-26-23/h1-8,12,22H,9-11,13-20H2,(H,27,31). The third-order valence-electron chi connectivity index (χ3n) is 7.26. The molecule has 1 aromatic carbocycles. The van der Waals surface area contributed by atoms with Gasteiger partial charge in [0.25, 0.3) is 0 Å². The fourth-order valence-electron chi connectivity index (χ4n) is 5.36. The van der Waals surface area contributed by atoms with Crippen LogP contribution in [0.1, 0.15) is 25.7 Å². The minimum atomic E-state index is -0.0788. The lowest BCUT2D eigenvalue weighted by Gasteiger charge is -2.49. The molecule has 0 aliphatic carbocycles. The lowest BCUT2D eigenvalue weighted by atomic mass is 9.81. The Morgan fingerprint density at radius 2 is 1.72 bits per heavy atom. The van der Waals surface area contributed by atoms with Crippen molar-refractivity contribution < 1.29 is 9.53 Å². The third-order valence-corrected chi connectivity index (χ3v) is 7.26. The molecule has 1 spiro atoms. The topological polar surface area (TPSA) is 60.9 Å². The molecule has 3 aliphatic heterocycles. The van der Waals surface area contributed by atoms with E-state index in [9.17, 15) is 4.79 Å². The van der Waals surface area contributed by atoms with Crippen LogP contribution in [0, 0.1) is 0 Å². The van der Waals surface area contributed by atoms with Crippen LogP contribution in [0.25, 0.3) is 0 Å². The maximum absolute atomic E-state index is 12.7. The predicted octanol–water partition coefficient (Wildman–Crippen LogP) is 3.45. The van der Waals surface area contributed by atoms with E-state index < -0.39 is 0 Å². The molecule has 2 aromatic rings. The van der Waals surface area contributed by atoms with E-state index in [2.05, 4.69) is 32.2 Å². The zero-order valence-electron chi connectivity index (χ0n) is 18.7. The van der Waals surface area contributed by atoms with Crippen LogP contribution in [-0.2, 0) is 4.74 Å². The molecule has 3 aliphatic rings. The number of pyridine rings is 1. The average Bonchev–Trinajstić information content (AvgIpc) is 2.86. The number of anilines is 2. The van der Waals surface area contributed by atoms with Gasteiger partial charge in [-0.05, 0) is 49.9 Å². The number of nitrogens with zero attached hydrogens (tertiary/aromatic N) is 4. The Kier molecular flexibility index (Phi) is 6.28. The van der Waals surface area contributed by atoms with Crippen molar-refractivity contribution in [2.45, 2.75) is 37.3 Å². The number of aromatic nitrogens is 1. The largest absolute Gasteiger partial charge is 0.375 e. The van der Waals surface area contributed by atoms with E-state index in [-0.39, 0.29) is 11.6 Å². The Morgan fingerprint density at radius 1 is 0.969 bits per heavy atom. The first-order valence-corrected chi connectivity index (χ1v) is 11.9. The number of carbonyl (C=O) groups excluding carboxylic acids is 1. The molecule has 0 saturated carbocycles. The van der Waals surface area contributed by atoms with Crippen molar-refractivity contribution in [2.24, 2.45) is 0 Å². The number of nitrogens with one attached hydrogen (secondary N) is 1. The molecule has 4 heterocycles. The van der Waals surface area contributed by atoms with Crippen LogP contribution in [-0.4, -0.2) is 78.3 Å². The van der Waals surface area contributed by atoms with Gasteiger partial charge in [0, 0.05) is 63.8 Å². The van der Waals surface area contributed by atoms with Crippen molar-refractivity contribution >= 4 is 17.5 Å². The van der Waals surface area contributed by atoms with Crippen molar-refractivity contribution in [2.75, 3.05) is 56.1 Å². The highest BCUT2D eigenvalue weighted by Crippen LogP contribution is 2.37. The third kappa shape index (κ3) is 4.74. The van der Waals surface area contributed by atoms with E-state index in [4.69, 9.17) is 4.74 Å². The van der Waals surface area contributed by atoms with E-state index >= 15 is 0 Å². The highest BCUT2D eigenvalue weighted by Gasteiger charge is 2.43. The summed E-state index contributed by atoms with van der Waals surface area (Å²) in [4.78, 5) is 24.1. The number of urea groups is 1. The van der Waals surface area contributed by atoms with Crippen LogP contribution in [0.3, 0.4) is 0 Å². The number of para-hydroxylation sites is 1. The van der Waals surface area contributed by atoms with Crippen LogP contribution in [0.15, 0.2) is 54.7 Å². The number of amides is 2. The second-order valence-electron chi connectivity index (χ2n) is 9.17. The van der Waals surface area contributed by atoms with Gasteiger partial charge < -0.3 is 19.9 Å². The Bertz CT molecular complexity index is 878. The summed E-state index contributed by atoms with van der Waals surface area (Å²) < 4.78 is 6.36. The van der Waals surface area contributed by atoms with Gasteiger partial charge in [0.2, 0.25) is 0 Å². The quantitative estimate of drug-likeness (QED) is 0.800. The smallest absolute Gasteiger partial charge is 0.321 e. The Labute approximate surface area is 190 Å². The molecule has 5 rings (SSSR count). The van der Waals surface area contributed by atoms with Gasteiger partial charge >= 0.3 is 6.03 Å². The monoisotopic (exact) mass is 435 g/mol. The Morgan fingerprint density at radius 3 is 2.44 bits per heavy atom. The number of hydrogen-bond donors (Lipinski definition) is 1. The van der Waals surface area contributed by atoms with Gasteiger partial charge in [-0.25, -0.2) is 9.78 Å². The molecular formula is C25H33N5O2. The first-order chi connectivity index (χ1) is 15.7. The molecule has 1 atom stereocenters. The molecular weight excluding hydrogens is 402 g/mol. The average molecular weight is 436 g/mol. The van der Waals surface area contributed by atoms with E-state index in [0.29, 0.717) is 6.04 Å². The summed E-state index contributed by atoms with van der Waals surface area (Å²) >= 11 is 0. The number of likely N-dealkylation sites (tertiary alicyclic amines) is 1. The molecule has 2 amide bonds. The van der Waals surface area contributed by atoms with E-state index in [1.54, 1.807) is 0 Å². The molecule has 0 radical (unpaired) electrons. The minimum absolute atomic E-state index is 0.0101. The van der Waals surface area contributed by atoms with Gasteiger partial charge in [-0.2, -0.15) is 0 Å². The number of piperidine rings is 1. The maximum Gasteiger partial charge on any atom is 0.321 e. The molecule has 0 bridgehead atoms. The molecule has 170 valence electrons. The van der Waals surface area contributed by atoms with Crippen molar-refractivity contribution in [3.8, 4) is 0 Å². The molecule has 3 fully saturated rings. The summed E-state index contributed by atoms with van der Waals surface area (Å²) in [6.45, 7) is 6.51. The van der Waals surface area contributed by atoms with E-state index in [1.165, 1.54) is 0 Å². The van der Waals surface area contributed by atoms with Gasteiger partial charge in [0.05, 0.1) is 5.60 Å². The van der Waals surface area contributed by atoms with Crippen LogP contribution in [0.2, 0.25) is 0 Å². The zero-order chi connectivity index (χ0) is 21.8.